The van der Waals surface area contributed by atoms with E-state index in [0.29, 0.717) is 11.3 Å². The number of amides is 1. The monoisotopic (exact) mass is 427 g/mol. The van der Waals surface area contributed by atoms with Gasteiger partial charge in [-0.25, -0.2) is 9.59 Å². The van der Waals surface area contributed by atoms with Crippen molar-refractivity contribution in [3.63, 3.8) is 0 Å². The highest BCUT2D eigenvalue weighted by Gasteiger charge is 2.28. The number of carboxylic acid groups (broad SMARTS) is 1. The van der Waals surface area contributed by atoms with E-state index in [4.69, 9.17) is 14.6 Å². The number of hydrogen-bond acceptors (Lipinski definition) is 4. The summed E-state index contributed by atoms with van der Waals surface area (Å²) in [4.78, 5) is 22.9. The Hall–Kier alpha value is -4.24. The minimum atomic E-state index is -1.07. The minimum Gasteiger partial charge on any atom is -0.481 e. The molecule has 0 spiro atoms. The van der Waals surface area contributed by atoms with Gasteiger partial charge in [0.1, 0.15) is 12.4 Å². The van der Waals surface area contributed by atoms with Crippen LogP contribution in [0.3, 0.4) is 0 Å². The van der Waals surface area contributed by atoms with E-state index in [0.717, 1.165) is 11.1 Å². The molecule has 0 radical (unpaired) electrons. The molecule has 0 heterocycles. The van der Waals surface area contributed by atoms with Crippen LogP contribution in [-0.2, 0) is 9.53 Å². The van der Waals surface area contributed by atoms with E-state index in [1.165, 1.54) is 11.1 Å². The number of carboxylic acids is 1. The zero-order valence-corrected chi connectivity index (χ0v) is 17.2. The SMILES string of the molecule is O=C(O)COc1ccccc1C#CCNC(=O)OCC1c2ccccc2-c2ccccc21. The molecule has 3 aromatic carbocycles. The van der Waals surface area contributed by atoms with Gasteiger partial charge in [-0.3, -0.25) is 0 Å². The van der Waals surface area contributed by atoms with E-state index >= 15 is 0 Å². The highest BCUT2D eigenvalue weighted by atomic mass is 16.5. The van der Waals surface area contributed by atoms with Crippen LogP contribution in [0.25, 0.3) is 11.1 Å². The first-order valence-electron chi connectivity index (χ1n) is 10.1. The molecule has 1 amide bonds. The third-order valence-electron chi connectivity index (χ3n) is 5.13. The fourth-order valence-electron chi connectivity index (χ4n) is 3.74. The normalized spacial score (nSPS) is 11.5. The molecule has 0 aromatic heterocycles. The molecule has 6 heteroatoms. The molecule has 0 atom stereocenters. The molecule has 0 unspecified atom stereocenters. The van der Waals surface area contributed by atoms with Crippen molar-refractivity contribution in [3.8, 4) is 28.7 Å². The van der Waals surface area contributed by atoms with E-state index in [9.17, 15) is 9.59 Å². The molecule has 6 nitrogen and oxygen atoms in total. The van der Waals surface area contributed by atoms with Gasteiger partial charge in [0.2, 0.25) is 0 Å². The van der Waals surface area contributed by atoms with Gasteiger partial charge in [0.15, 0.2) is 6.61 Å². The van der Waals surface area contributed by atoms with Gasteiger partial charge < -0.3 is 19.9 Å². The first kappa shape index (κ1) is 21.0. The number of nitrogens with one attached hydrogen (secondary N) is 1. The van der Waals surface area contributed by atoms with Crippen molar-refractivity contribution >= 4 is 12.1 Å². The van der Waals surface area contributed by atoms with Gasteiger partial charge in [0.05, 0.1) is 12.1 Å². The first-order chi connectivity index (χ1) is 15.6. The topological polar surface area (TPSA) is 84.9 Å². The zero-order chi connectivity index (χ0) is 22.3. The third-order valence-corrected chi connectivity index (χ3v) is 5.13. The van der Waals surface area contributed by atoms with Gasteiger partial charge in [0, 0.05) is 5.92 Å². The number of ether oxygens (including phenoxy) is 2. The van der Waals surface area contributed by atoms with Crippen LogP contribution in [0.15, 0.2) is 72.8 Å². The smallest absolute Gasteiger partial charge is 0.407 e. The van der Waals surface area contributed by atoms with Gasteiger partial charge in [-0.05, 0) is 34.4 Å². The molecule has 1 aliphatic carbocycles. The van der Waals surface area contributed by atoms with Crippen LogP contribution in [-0.4, -0.2) is 36.9 Å². The molecule has 1 aliphatic rings. The van der Waals surface area contributed by atoms with Crippen LogP contribution in [0, 0.1) is 11.8 Å². The quantitative estimate of drug-likeness (QED) is 0.580. The maximum atomic E-state index is 12.2. The molecule has 0 aliphatic heterocycles. The van der Waals surface area contributed by atoms with Crippen LogP contribution in [0.4, 0.5) is 4.79 Å². The van der Waals surface area contributed by atoms with Gasteiger partial charge in [0.25, 0.3) is 0 Å². The molecule has 160 valence electrons. The molecule has 0 fully saturated rings. The van der Waals surface area contributed by atoms with Crippen LogP contribution >= 0.6 is 0 Å². The van der Waals surface area contributed by atoms with Crippen molar-refractivity contribution in [2.75, 3.05) is 19.8 Å². The highest BCUT2D eigenvalue weighted by Crippen LogP contribution is 2.44. The molecular weight excluding hydrogens is 406 g/mol. The van der Waals surface area contributed by atoms with E-state index < -0.39 is 18.7 Å². The lowest BCUT2D eigenvalue weighted by molar-refractivity contribution is -0.139. The summed E-state index contributed by atoms with van der Waals surface area (Å²) in [5, 5.41) is 11.4. The number of aliphatic carboxylic acids is 1. The summed E-state index contributed by atoms with van der Waals surface area (Å²) in [6, 6.07) is 23.2. The number of fused-ring (bicyclic) bond motifs is 3. The Bertz CT molecular complexity index is 1160. The standard InChI is InChI=1S/C26H21NO5/c28-25(29)17-31-24-14-6-1-8-18(24)9-7-15-27-26(30)32-16-23-21-12-4-2-10-19(21)20-11-3-5-13-22(20)23/h1-6,8,10-14,23H,15-17H2,(H,27,30)(H,28,29). The predicted molar refractivity (Wildman–Crippen MR) is 120 cm³/mol. The number of hydrogen-bond donors (Lipinski definition) is 2. The maximum Gasteiger partial charge on any atom is 0.407 e. The molecule has 0 bridgehead atoms. The van der Waals surface area contributed by atoms with Crippen molar-refractivity contribution in [2.24, 2.45) is 0 Å². The lowest BCUT2D eigenvalue weighted by atomic mass is 9.98. The van der Waals surface area contributed by atoms with Gasteiger partial charge in [-0.2, -0.15) is 0 Å². The largest absolute Gasteiger partial charge is 0.481 e. The van der Waals surface area contributed by atoms with Crippen LogP contribution in [0.5, 0.6) is 5.75 Å². The molecule has 3 aromatic rings. The summed E-state index contributed by atoms with van der Waals surface area (Å²) in [6.45, 7) is -0.125. The molecule has 0 saturated carbocycles. The number of carbonyl (C=O) groups excluding carboxylic acids is 1. The second kappa shape index (κ2) is 9.71. The number of para-hydroxylation sites is 1. The van der Waals surface area contributed by atoms with Crippen LogP contribution in [0.1, 0.15) is 22.6 Å². The van der Waals surface area contributed by atoms with Gasteiger partial charge >= 0.3 is 12.1 Å². The average molecular weight is 427 g/mol. The molecular formula is C26H21NO5. The summed E-state index contributed by atoms with van der Waals surface area (Å²) in [6.07, 6.45) is -0.545. The van der Waals surface area contributed by atoms with Gasteiger partial charge in [-0.15, -0.1) is 0 Å². The van der Waals surface area contributed by atoms with Gasteiger partial charge in [-0.1, -0.05) is 72.5 Å². The lowest BCUT2D eigenvalue weighted by Crippen LogP contribution is -2.26. The highest BCUT2D eigenvalue weighted by molar-refractivity contribution is 5.79. The number of carbonyl (C=O) groups is 2. The lowest BCUT2D eigenvalue weighted by Gasteiger charge is -2.14. The Morgan fingerprint density at radius 3 is 2.22 bits per heavy atom. The summed E-state index contributed by atoms with van der Waals surface area (Å²) >= 11 is 0. The van der Waals surface area contributed by atoms with Crippen molar-refractivity contribution in [3.05, 3.63) is 89.5 Å². The van der Waals surface area contributed by atoms with Crippen molar-refractivity contribution in [1.29, 1.82) is 0 Å². The minimum absolute atomic E-state index is 0.00232. The predicted octanol–water partition coefficient (Wildman–Crippen LogP) is 4.04. The van der Waals surface area contributed by atoms with E-state index in [1.807, 2.05) is 24.3 Å². The second-order valence-corrected chi connectivity index (χ2v) is 7.16. The Balaban J connectivity index is 1.33. The summed E-state index contributed by atoms with van der Waals surface area (Å²) in [5.41, 5.74) is 5.19. The molecule has 32 heavy (non-hydrogen) atoms. The fraction of sp³-hybridized carbons (Fsp3) is 0.154. The Morgan fingerprint density at radius 2 is 1.53 bits per heavy atom. The number of rotatable bonds is 6. The van der Waals surface area contributed by atoms with Crippen molar-refractivity contribution < 1.29 is 24.2 Å². The number of benzene rings is 3. The third kappa shape index (κ3) is 4.73. The Morgan fingerprint density at radius 1 is 0.906 bits per heavy atom. The maximum absolute atomic E-state index is 12.2. The molecule has 2 N–H and O–H groups in total. The first-order valence-corrected chi connectivity index (χ1v) is 10.1. The summed E-state index contributed by atoms with van der Waals surface area (Å²) in [7, 11) is 0. The van der Waals surface area contributed by atoms with E-state index in [2.05, 4.69) is 41.4 Å². The Kier molecular flexibility index (Phi) is 6.38. The number of alkyl carbamates (subject to hydrolysis) is 1. The van der Waals surface area contributed by atoms with Crippen molar-refractivity contribution in [1.82, 2.24) is 5.32 Å². The molecule has 0 saturated heterocycles. The second-order valence-electron chi connectivity index (χ2n) is 7.16. The zero-order valence-electron chi connectivity index (χ0n) is 17.2. The van der Waals surface area contributed by atoms with Crippen LogP contribution < -0.4 is 10.1 Å². The average Bonchev–Trinajstić information content (AvgIpc) is 3.13. The van der Waals surface area contributed by atoms with Crippen LogP contribution in [0.2, 0.25) is 0 Å². The Labute approximate surface area is 185 Å². The summed E-state index contributed by atoms with van der Waals surface area (Å²) in [5.74, 6) is 5.02. The van der Waals surface area contributed by atoms with E-state index in [-0.39, 0.29) is 19.1 Å². The fourth-order valence-corrected chi connectivity index (χ4v) is 3.74. The van der Waals surface area contributed by atoms with Crippen molar-refractivity contribution in [2.45, 2.75) is 5.92 Å². The summed E-state index contributed by atoms with van der Waals surface area (Å²) < 4.78 is 10.7. The van der Waals surface area contributed by atoms with E-state index in [1.54, 1.807) is 24.3 Å². The molecule has 4 rings (SSSR count).